The molecule has 1 amide bonds. The molecule has 0 aliphatic heterocycles. The zero-order valence-corrected chi connectivity index (χ0v) is 13.9. The standard InChI is InChI=1S/C16H15ClFNO3S/c1-11(16(20)19-14-5-3-2-4-6-14)23(21,22)10-12-7-8-13(18)9-15(12)17/h2-9,11H,10H2,1H3,(H,19,20). The molecule has 0 saturated carbocycles. The molecule has 4 nitrogen and oxygen atoms in total. The topological polar surface area (TPSA) is 63.2 Å². The van der Waals surface area contributed by atoms with Crippen LogP contribution in [-0.2, 0) is 20.4 Å². The van der Waals surface area contributed by atoms with Crippen LogP contribution >= 0.6 is 11.6 Å². The van der Waals surface area contributed by atoms with Crippen molar-refractivity contribution in [1.82, 2.24) is 0 Å². The summed E-state index contributed by atoms with van der Waals surface area (Å²) in [5.74, 6) is -1.62. The third kappa shape index (κ3) is 4.53. The van der Waals surface area contributed by atoms with Crippen LogP contribution in [0, 0.1) is 5.82 Å². The van der Waals surface area contributed by atoms with Gasteiger partial charge in [0.1, 0.15) is 11.1 Å². The molecule has 2 rings (SSSR count). The molecule has 0 aliphatic rings. The first-order valence-electron chi connectivity index (χ1n) is 6.81. The number of amides is 1. The minimum atomic E-state index is -3.79. The van der Waals surface area contributed by atoms with Crippen molar-refractivity contribution in [3.8, 4) is 0 Å². The van der Waals surface area contributed by atoms with E-state index in [1.165, 1.54) is 13.0 Å². The number of para-hydroxylation sites is 1. The molecule has 2 aromatic carbocycles. The quantitative estimate of drug-likeness (QED) is 0.893. The molecule has 0 aliphatic carbocycles. The maximum absolute atomic E-state index is 13.0. The van der Waals surface area contributed by atoms with Gasteiger partial charge in [0.2, 0.25) is 5.91 Å². The first-order chi connectivity index (χ1) is 10.8. The minimum Gasteiger partial charge on any atom is -0.325 e. The van der Waals surface area contributed by atoms with Gasteiger partial charge in [-0.1, -0.05) is 35.9 Å². The lowest BCUT2D eigenvalue weighted by Crippen LogP contribution is -2.33. The van der Waals surface area contributed by atoms with Crippen LogP contribution in [0.15, 0.2) is 48.5 Å². The normalized spacial score (nSPS) is 12.7. The largest absolute Gasteiger partial charge is 0.325 e. The second-order valence-electron chi connectivity index (χ2n) is 5.04. The summed E-state index contributed by atoms with van der Waals surface area (Å²) in [6.45, 7) is 1.31. The molecular formula is C16H15ClFNO3S. The van der Waals surface area contributed by atoms with Crippen molar-refractivity contribution in [3.05, 3.63) is 64.9 Å². The molecule has 0 bridgehead atoms. The van der Waals surface area contributed by atoms with E-state index in [4.69, 9.17) is 11.6 Å². The van der Waals surface area contributed by atoms with Crippen molar-refractivity contribution in [1.29, 1.82) is 0 Å². The van der Waals surface area contributed by atoms with Gasteiger partial charge in [-0.2, -0.15) is 0 Å². The first kappa shape index (κ1) is 17.4. The molecule has 0 fully saturated rings. The molecule has 1 unspecified atom stereocenters. The van der Waals surface area contributed by atoms with E-state index < -0.39 is 32.6 Å². The molecule has 1 atom stereocenters. The second kappa shape index (κ2) is 7.10. The number of carbonyl (C=O) groups is 1. The Hall–Kier alpha value is -1.92. The maximum atomic E-state index is 13.0. The van der Waals surface area contributed by atoms with Gasteiger partial charge in [0, 0.05) is 10.7 Å². The highest BCUT2D eigenvalue weighted by Crippen LogP contribution is 2.22. The number of nitrogens with one attached hydrogen (secondary N) is 1. The smallest absolute Gasteiger partial charge is 0.242 e. The predicted octanol–water partition coefficient (Wildman–Crippen LogP) is 3.42. The van der Waals surface area contributed by atoms with E-state index in [0.29, 0.717) is 5.69 Å². The van der Waals surface area contributed by atoms with Crippen LogP contribution in [0.3, 0.4) is 0 Å². The Labute approximate surface area is 139 Å². The summed E-state index contributed by atoms with van der Waals surface area (Å²) >= 11 is 5.84. The third-order valence-electron chi connectivity index (χ3n) is 3.32. The number of hydrogen-bond acceptors (Lipinski definition) is 3. The number of hydrogen-bond donors (Lipinski definition) is 1. The Kier molecular flexibility index (Phi) is 5.38. The molecule has 0 saturated heterocycles. The van der Waals surface area contributed by atoms with Gasteiger partial charge < -0.3 is 5.32 Å². The molecule has 122 valence electrons. The Morgan fingerprint density at radius 1 is 1.22 bits per heavy atom. The van der Waals surface area contributed by atoms with Crippen molar-refractivity contribution in [3.63, 3.8) is 0 Å². The molecule has 7 heteroatoms. The minimum absolute atomic E-state index is 0.0178. The van der Waals surface area contributed by atoms with Crippen molar-refractivity contribution >= 4 is 33.0 Å². The van der Waals surface area contributed by atoms with E-state index in [2.05, 4.69) is 5.32 Å². The third-order valence-corrected chi connectivity index (χ3v) is 5.68. The summed E-state index contributed by atoms with van der Waals surface area (Å²) in [4.78, 5) is 12.1. The van der Waals surface area contributed by atoms with Gasteiger partial charge in [0.15, 0.2) is 9.84 Å². The summed E-state index contributed by atoms with van der Waals surface area (Å²) in [6, 6.07) is 12.0. The molecule has 0 spiro atoms. The van der Waals surface area contributed by atoms with Crippen LogP contribution in [0.4, 0.5) is 10.1 Å². The van der Waals surface area contributed by atoms with Crippen molar-refractivity contribution < 1.29 is 17.6 Å². The summed E-state index contributed by atoms with van der Waals surface area (Å²) in [7, 11) is -3.79. The monoisotopic (exact) mass is 355 g/mol. The molecule has 2 aromatic rings. The predicted molar refractivity (Wildman–Crippen MR) is 88.6 cm³/mol. The number of sulfone groups is 1. The van der Waals surface area contributed by atoms with Gasteiger partial charge >= 0.3 is 0 Å². The van der Waals surface area contributed by atoms with Gasteiger partial charge in [0.05, 0.1) is 5.75 Å². The fourth-order valence-corrected chi connectivity index (χ4v) is 3.54. The average Bonchev–Trinajstić information content (AvgIpc) is 2.50. The van der Waals surface area contributed by atoms with Crippen LogP contribution in [0.2, 0.25) is 5.02 Å². The lowest BCUT2D eigenvalue weighted by Gasteiger charge is -2.14. The fraction of sp³-hybridized carbons (Fsp3) is 0.188. The Morgan fingerprint density at radius 3 is 2.48 bits per heavy atom. The van der Waals surface area contributed by atoms with Gasteiger partial charge in [-0.25, -0.2) is 12.8 Å². The van der Waals surface area contributed by atoms with E-state index in [1.54, 1.807) is 30.3 Å². The molecule has 0 radical (unpaired) electrons. The zero-order chi connectivity index (χ0) is 17.0. The molecule has 0 aromatic heterocycles. The van der Waals surface area contributed by atoms with E-state index in [-0.39, 0.29) is 10.6 Å². The maximum Gasteiger partial charge on any atom is 0.242 e. The Bertz CT molecular complexity index is 809. The number of anilines is 1. The highest BCUT2D eigenvalue weighted by molar-refractivity contribution is 7.92. The van der Waals surface area contributed by atoms with Crippen LogP contribution in [0.5, 0.6) is 0 Å². The molecule has 1 N–H and O–H groups in total. The van der Waals surface area contributed by atoms with E-state index >= 15 is 0 Å². The summed E-state index contributed by atoms with van der Waals surface area (Å²) < 4.78 is 37.7. The molecule has 23 heavy (non-hydrogen) atoms. The Morgan fingerprint density at radius 2 is 1.87 bits per heavy atom. The van der Waals surface area contributed by atoms with E-state index in [9.17, 15) is 17.6 Å². The lowest BCUT2D eigenvalue weighted by molar-refractivity contribution is -0.115. The second-order valence-corrected chi connectivity index (χ2v) is 7.77. The number of rotatable bonds is 5. The van der Waals surface area contributed by atoms with Gasteiger partial charge in [-0.15, -0.1) is 0 Å². The van der Waals surface area contributed by atoms with Crippen molar-refractivity contribution in [2.75, 3.05) is 5.32 Å². The van der Waals surface area contributed by atoms with Crippen LogP contribution in [0.1, 0.15) is 12.5 Å². The van der Waals surface area contributed by atoms with Gasteiger partial charge in [-0.05, 0) is 36.8 Å². The molecule has 0 heterocycles. The van der Waals surface area contributed by atoms with Gasteiger partial charge in [0.25, 0.3) is 0 Å². The van der Waals surface area contributed by atoms with E-state index in [0.717, 1.165) is 12.1 Å². The van der Waals surface area contributed by atoms with E-state index in [1.807, 2.05) is 0 Å². The van der Waals surface area contributed by atoms with Crippen LogP contribution in [-0.4, -0.2) is 19.6 Å². The first-order valence-corrected chi connectivity index (χ1v) is 8.90. The number of carbonyl (C=O) groups excluding carboxylic acids is 1. The highest BCUT2D eigenvalue weighted by Gasteiger charge is 2.29. The van der Waals surface area contributed by atoms with Crippen molar-refractivity contribution in [2.45, 2.75) is 17.9 Å². The number of benzene rings is 2. The van der Waals surface area contributed by atoms with Crippen molar-refractivity contribution in [2.24, 2.45) is 0 Å². The summed E-state index contributed by atoms with van der Waals surface area (Å²) in [5, 5.41) is 1.30. The van der Waals surface area contributed by atoms with Gasteiger partial charge in [-0.3, -0.25) is 4.79 Å². The lowest BCUT2D eigenvalue weighted by atomic mass is 10.2. The SMILES string of the molecule is CC(C(=O)Nc1ccccc1)S(=O)(=O)Cc1ccc(F)cc1Cl. The number of halogens is 2. The highest BCUT2D eigenvalue weighted by atomic mass is 35.5. The van der Waals surface area contributed by atoms with Crippen LogP contribution in [0.25, 0.3) is 0 Å². The summed E-state index contributed by atoms with van der Waals surface area (Å²) in [5.41, 5.74) is 0.770. The summed E-state index contributed by atoms with van der Waals surface area (Å²) in [6.07, 6.45) is 0. The fourth-order valence-electron chi connectivity index (χ4n) is 1.91. The average molecular weight is 356 g/mol. The Balaban J connectivity index is 2.13. The van der Waals surface area contributed by atoms with Crippen LogP contribution < -0.4 is 5.32 Å². The zero-order valence-electron chi connectivity index (χ0n) is 12.3. The molecular weight excluding hydrogens is 341 g/mol.